The molecule has 0 aliphatic rings. The number of allylic oxidation sites excluding steroid dienone is 5. The van der Waals surface area contributed by atoms with Crippen molar-refractivity contribution in [3.8, 4) is 0 Å². The summed E-state index contributed by atoms with van der Waals surface area (Å²) in [6.45, 7) is 9.93. The largest absolute Gasteiger partial charge is 0.0988 e. The molecule has 68 valence electrons. The first-order chi connectivity index (χ1) is 5.65. The third kappa shape index (κ3) is 3.77. The molecule has 0 rings (SSSR count). The number of hydrogen-bond donors (Lipinski definition) is 0. The molecule has 0 saturated carbocycles. The minimum atomic E-state index is 0.833. The van der Waals surface area contributed by atoms with Crippen LogP contribution in [0.25, 0.3) is 0 Å². The summed E-state index contributed by atoms with van der Waals surface area (Å²) < 4.78 is 0. The fourth-order valence-corrected chi connectivity index (χ4v) is 1.30. The Labute approximate surface area is 80.6 Å². The molecule has 0 radical (unpaired) electrons. The van der Waals surface area contributed by atoms with Gasteiger partial charge in [0.25, 0.3) is 0 Å². The van der Waals surface area contributed by atoms with Crippen molar-refractivity contribution in [2.45, 2.75) is 33.6 Å². The Morgan fingerprint density at radius 3 is 2.00 bits per heavy atom. The van der Waals surface area contributed by atoms with Gasteiger partial charge in [-0.2, -0.15) is 0 Å². The van der Waals surface area contributed by atoms with Gasteiger partial charge >= 0.3 is 0 Å². The maximum Gasteiger partial charge on any atom is 0.0152 e. The molecule has 1 heteroatoms. The van der Waals surface area contributed by atoms with Gasteiger partial charge in [0.2, 0.25) is 0 Å². The first kappa shape index (κ1) is 11.5. The first-order valence-corrected chi connectivity index (χ1v) is 4.71. The minimum Gasteiger partial charge on any atom is -0.0988 e. The zero-order chi connectivity index (χ0) is 9.56. The lowest BCUT2D eigenvalue weighted by Crippen LogP contribution is -1.84. The van der Waals surface area contributed by atoms with Crippen LogP contribution in [0.15, 0.2) is 34.9 Å². The molecule has 0 amide bonds. The van der Waals surface area contributed by atoms with E-state index < -0.39 is 0 Å². The minimum absolute atomic E-state index is 0.833. The monoisotopic (exact) mass is 184 g/mol. The van der Waals surface area contributed by atoms with E-state index in [4.69, 9.17) is 11.6 Å². The van der Waals surface area contributed by atoms with Crippen LogP contribution in [0.2, 0.25) is 0 Å². The fraction of sp³-hybridized carbons (Fsp3) is 0.455. The normalized spacial score (nSPS) is 14.2. The Kier molecular flexibility index (Phi) is 5.83. The molecule has 0 N–H and O–H groups in total. The summed E-state index contributed by atoms with van der Waals surface area (Å²) in [7, 11) is 0. The second-order valence-corrected chi connectivity index (χ2v) is 3.29. The van der Waals surface area contributed by atoms with Crippen LogP contribution < -0.4 is 0 Å². The number of halogens is 1. The van der Waals surface area contributed by atoms with Crippen LogP contribution in [-0.4, -0.2) is 0 Å². The van der Waals surface area contributed by atoms with Gasteiger partial charge in [0.05, 0.1) is 0 Å². The van der Waals surface area contributed by atoms with Crippen LogP contribution in [0, 0.1) is 0 Å². The molecule has 0 unspecified atom stereocenters. The molecular formula is C11H17Cl. The molecule has 0 nitrogen and oxygen atoms in total. The summed E-state index contributed by atoms with van der Waals surface area (Å²) in [6, 6.07) is 0. The highest BCUT2D eigenvalue weighted by atomic mass is 35.5. The standard InChI is InChI=1S/C11H17Cl/c1-5-10(6-2)11(7-3)8-9(4)12/h5,8H,1,6-7H2,2-4H3/b9-8+,11-10+. The topological polar surface area (TPSA) is 0 Å². The average molecular weight is 185 g/mol. The predicted octanol–water partition coefficient (Wildman–Crippen LogP) is 4.43. The van der Waals surface area contributed by atoms with Crippen molar-refractivity contribution in [2.24, 2.45) is 0 Å². The van der Waals surface area contributed by atoms with E-state index in [1.807, 2.05) is 19.1 Å². The molecule has 0 heterocycles. The molecule has 0 fully saturated rings. The van der Waals surface area contributed by atoms with E-state index in [0.29, 0.717) is 0 Å². The maximum absolute atomic E-state index is 5.80. The second-order valence-electron chi connectivity index (χ2n) is 2.69. The highest BCUT2D eigenvalue weighted by molar-refractivity contribution is 6.29. The van der Waals surface area contributed by atoms with Crippen LogP contribution in [0.5, 0.6) is 0 Å². The van der Waals surface area contributed by atoms with E-state index in [1.54, 1.807) is 0 Å². The van der Waals surface area contributed by atoms with Crippen molar-refractivity contribution in [1.82, 2.24) is 0 Å². The predicted molar refractivity (Wildman–Crippen MR) is 57.4 cm³/mol. The van der Waals surface area contributed by atoms with E-state index in [9.17, 15) is 0 Å². The highest BCUT2D eigenvalue weighted by Crippen LogP contribution is 2.17. The lowest BCUT2D eigenvalue weighted by atomic mass is 10.0. The summed E-state index contributed by atoms with van der Waals surface area (Å²) in [5.74, 6) is 0. The van der Waals surface area contributed by atoms with Gasteiger partial charge in [-0.05, 0) is 37.0 Å². The summed E-state index contributed by atoms with van der Waals surface area (Å²) in [5.41, 5.74) is 2.58. The second kappa shape index (κ2) is 6.07. The average Bonchev–Trinajstić information content (AvgIpc) is 2.04. The first-order valence-electron chi connectivity index (χ1n) is 4.33. The third-order valence-corrected chi connectivity index (χ3v) is 1.90. The van der Waals surface area contributed by atoms with Gasteiger partial charge in [-0.25, -0.2) is 0 Å². The lowest BCUT2D eigenvalue weighted by molar-refractivity contribution is 1.05. The Morgan fingerprint density at radius 1 is 1.25 bits per heavy atom. The van der Waals surface area contributed by atoms with E-state index in [0.717, 1.165) is 17.9 Å². The van der Waals surface area contributed by atoms with E-state index in [1.165, 1.54) is 11.1 Å². The Morgan fingerprint density at radius 2 is 1.75 bits per heavy atom. The molecule has 0 bridgehead atoms. The van der Waals surface area contributed by atoms with Crippen LogP contribution >= 0.6 is 11.6 Å². The Balaban J connectivity index is 4.82. The van der Waals surface area contributed by atoms with Crippen LogP contribution in [0.3, 0.4) is 0 Å². The zero-order valence-corrected chi connectivity index (χ0v) is 8.91. The molecule has 0 aromatic carbocycles. The van der Waals surface area contributed by atoms with Gasteiger partial charge in [0.1, 0.15) is 0 Å². The number of rotatable bonds is 4. The highest BCUT2D eigenvalue weighted by Gasteiger charge is 1.96. The van der Waals surface area contributed by atoms with Gasteiger partial charge < -0.3 is 0 Å². The summed E-state index contributed by atoms with van der Waals surface area (Å²) in [6.07, 6.45) is 5.96. The van der Waals surface area contributed by atoms with Crippen molar-refractivity contribution >= 4 is 11.6 Å². The molecule has 12 heavy (non-hydrogen) atoms. The van der Waals surface area contributed by atoms with Crippen molar-refractivity contribution in [3.63, 3.8) is 0 Å². The third-order valence-electron chi connectivity index (χ3n) is 1.79. The molecule has 0 saturated heterocycles. The molecule has 0 aliphatic heterocycles. The SMILES string of the molecule is C=C/C(CC)=C(\C=C(/C)Cl)CC. The van der Waals surface area contributed by atoms with E-state index >= 15 is 0 Å². The Bertz CT molecular complexity index is 205. The van der Waals surface area contributed by atoms with Gasteiger partial charge in [0.15, 0.2) is 0 Å². The van der Waals surface area contributed by atoms with Gasteiger partial charge in [-0.15, -0.1) is 0 Å². The van der Waals surface area contributed by atoms with E-state index in [2.05, 4.69) is 20.4 Å². The van der Waals surface area contributed by atoms with Gasteiger partial charge in [0, 0.05) is 5.03 Å². The van der Waals surface area contributed by atoms with Crippen molar-refractivity contribution < 1.29 is 0 Å². The number of hydrogen-bond acceptors (Lipinski definition) is 0. The van der Waals surface area contributed by atoms with Gasteiger partial charge in [-0.3, -0.25) is 0 Å². The summed E-state index contributed by atoms with van der Waals surface area (Å²) in [4.78, 5) is 0. The molecule has 0 spiro atoms. The quantitative estimate of drug-likeness (QED) is 0.567. The fourth-order valence-electron chi connectivity index (χ4n) is 1.16. The van der Waals surface area contributed by atoms with Crippen molar-refractivity contribution in [1.29, 1.82) is 0 Å². The van der Waals surface area contributed by atoms with E-state index in [-0.39, 0.29) is 0 Å². The van der Waals surface area contributed by atoms with Gasteiger partial charge in [-0.1, -0.05) is 38.1 Å². The molecule has 0 aromatic rings. The van der Waals surface area contributed by atoms with Crippen molar-refractivity contribution in [3.05, 3.63) is 34.9 Å². The summed E-state index contributed by atoms with van der Waals surface area (Å²) in [5, 5.41) is 0.833. The molecular weight excluding hydrogens is 168 g/mol. The zero-order valence-electron chi connectivity index (χ0n) is 8.15. The van der Waals surface area contributed by atoms with Crippen LogP contribution in [0.4, 0.5) is 0 Å². The molecule has 0 atom stereocenters. The molecule has 0 aliphatic carbocycles. The van der Waals surface area contributed by atoms with Crippen molar-refractivity contribution in [2.75, 3.05) is 0 Å². The van der Waals surface area contributed by atoms with Crippen LogP contribution in [-0.2, 0) is 0 Å². The molecule has 0 aromatic heterocycles. The smallest absolute Gasteiger partial charge is 0.0152 e. The lowest BCUT2D eigenvalue weighted by Gasteiger charge is -2.04. The van der Waals surface area contributed by atoms with Crippen LogP contribution in [0.1, 0.15) is 33.6 Å². The Hall–Kier alpha value is -0.490. The summed E-state index contributed by atoms with van der Waals surface area (Å²) >= 11 is 5.80. The maximum atomic E-state index is 5.80.